The summed E-state index contributed by atoms with van der Waals surface area (Å²) in [6.07, 6.45) is 1.51. The van der Waals surface area contributed by atoms with Gasteiger partial charge in [0, 0.05) is 17.6 Å². The van der Waals surface area contributed by atoms with Crippen LogP contribution in [-0.4, -0.2) is 15.0 Å². The smallest absolute Gasteiger partial charge is 0.332 e. The fourth-order valence-electron chi connectivity index (χ4n) is 3.54. The van der Waals surface area contributed by atoms with E-state index in [1.54, 1.807) is 36.4 Å². The molecule has 7 nitrogen and oxygen atoms in total. The van der Waals surface area contributed by atoms with Gasteiger partial charge < -0.3 is 9.73 Å². The predicted octanol–water partition coefficient (Wildman–Crippen LogP) is 3.66. The van der Waals surface area contributed by atoms with Crippen LogP contribution < -0.4 is 16.6 Å². The maximum atomic E-state index is 13.2. The number of unbranched alkanes of at least 4 members (excludes halogenated alkanes) is 1. The quantitative estimate of drug-likeness (QED) is 0.530. The number of carbonyl (C=O) groups is 1. The third-order valence-corrected chi connectivity index (χ3v) is 5.11. The molecule has 2 heterocycles. The average molecular weight is 405 g/mol. The number of anilines is 1. The maximum absolute atomic E-state index is 13.2. The van der Waals surface area contributed by atoms with Crippen LogP contribution in [0.4, 0.5) is 5.69 Å². The lowest BCUT2D eigenvalue weighted by Crippen LogP contribution is -2.41. The molecule has 0 unspecified atom stereocenters. The van der Waals surface area contributed by atoms with Crippen molar-refractivity contribution < 1.29 is 9.21 Å². The van der Waals surface area contributed by atoms with Crippen molar-refractivity contribution in [3.63, 3.8) is 0 Å². The number of hydrogen-bond acceptors (Lipinski definition) is 4. The number of amides is 1. The SMILES string of the molecule is CCCCn1c(=O)c2oc3ccccc3c2n(CC(=O)Nc2ccc(C)cc2)c1=O. The van der Waals surface area contributed by atoms with Gasteiger partial charge in [-0.2, -0.15) is 0 Å². The molecule has 0 aliphatic rings. The Balaban J connectivity index is 1.84. The van der Waals surface area contributed by atoms with Crippen LogP contribution in [0.25, 0.3) is 22.1 Å². The molecule has 0 aliphatic heterocycles. The summed E-state index contributed by atoms with van der Waals surface area (Å²) >= 11 is 0. The molecule has 0 fully saturated rings. The molecule has 30 heavy (non-hydrogen) atoms. The van der Waals surface area contributed by atoms with Crippen LogP contribution >= 0.6 is 0 Å². The van der Waals surface area contributed by atoms with Crippen molar-refractivity contribution in [1.29, 1.82) is 0 Å². The zero-order valence-corrected chi connectivity index (χ0v) is 17.0. The van der Waals surface area contributed by atoms with Crippen molar-refractivity contribution in [2.45, 2.75) is 39.8 Å². The largest absolute Gasteiger partial charge is 0.449 e. The second-order valence-corrected chi connectivity index (χ2v) is 7.37. The Labute approximate surface area is 172 Å². The van der Waals surface area contributed by atoms with Crippen molar-refractivity contribution in [2.24, 2.45) is 0 Å². The maximum Gasteiger partial charge on any atom is 0.332 e. The van der Waals surface area contributed by atoms with E-state index in [9.17, 15) is 14.4 Å². The topological polar surface area (TPSA) is 86.2 Å². The van der Waals surface area contributed by atoms with Crippen LogP contribution in [0, 0.1) is 6.92 Å². The van der Waals surface area contributed by atoms with E-state index in [2.05, 4.69) is 5.32 Å². The number of para-hydroxylation sites is 1. The summed E-state index contributed by atoms with van der Waals surface area (Å²) in [5.74, 6) is -0.353. The molecular formula is C23H23N3O4. The summed E-state index contributed by atoms with van der Waals surface area (Å²) in [6, 6.07) is 14.5. The summed E-state index contributed by atoms with van der Waals surface area (Å²) in [4.78, 5) is 38.9. The number of nitrogens with one attached hydrogen (secondary N) is 1. The van der Waals surface area contributed by atoms with Crippen molar-refractivity contribution in [1.82, 2.24) is 9.13 Å². The number of nitrogens with zero attached hydrogens (tertiary/aromatic N) is 2. The van der Waals surface area contributed by atoms with Crippen LogP contribution in [0.15, 0.2) is 62.5 Å². The minimum absolute atomic E-state index is 0.0926. The van der Waals surface area contributed by atoms with Gasteiger partial charge in [0.05, 0.1) is 0 Å². The predicted molar refractivity (Wildman–Crippen MR) is 117 cm³/mol. The Hall–Kier alpha value is -3.61. The highest BCUT2D eigenvalue weighted by molar-refractivity contribution is 6.03. The van der Waals surface area contributed by atoms with E-state index in [1.807, 2.05) is 26.0 Å². The van der Waals surface area contributed by atoms with E-state index in [-0.39, 0.29) is 24.6 Å². The van der Waals surface area contributed by atoms with Crippen molar-refractivity contribution in [2.75, 3.05) is 5.32 Å². The molecule has 2 aromatic heterocycles. The lowest BCUT2D eigenvalue weighted by Gasteiger charge is -2.12. The van der Waals surface area contributed by atoms with E-state index in [4.69, 9.17) is 4.42 Å². The molecule has 1 N–H and O–H groups in total. The number of rotatable bonds is 6. The van der Waals surface area contributed by atoms with Gasteiger partial charge in [0.1, 0.15) is 17.6 Å². The highest BCUT2D eigenvalue weighted by atomic mass is 16.3. The zero-order valence-electron chi connectivity index (χ0n) is 17.0. The molecule has 0 saturated heterocycles. The lowest BCUT2D eigenvalue weighted by atomic mass is 10.2. The fourth-order valence-corrected chi connectivity index (χ4v) is 3.54. The third kappa shape index (κ3) is 3.54. The molecule has 0 bridgehead atoms. The van der Waals surface area contributed by atoms with Crippen LogP contribution in [0.1, 0.15) is 25.3 Å². The number of furan rings is 1. The first-order chi connectivity index (χ1) is 14.5. The van der Waals surface area contributed by atoms with Gasteiger partial charge >= 0.3 is 5.69 Å². The Morgan fingerprint density at radius 3 is 2.50 bits per heavy atom. The normalized spacial score (nSPS) is 11.3. The van der Waals surface area contributed by atoms with Crippen LogP contribution in [0.5, 0.6) is 0 Å². The van der Waals surface area contributed by atoms with Crippen molar-refractivity contribution in [3.8, 4) is 0 Å². The van der Waals surface area contributed by atoms with E-state index in [0.29, 0.717) is 28.6 Å². The van der Waals surface area contributed by atoms with Crippen molar-refractivity contribution >= 4 is 33.7 Å². The summed E-state index contributed by atoms with van der Waals surface area (Å²) < 4.78 is 8.28. The van der Waals surface area contributed by atoms with Gasteiger partial charge in [-0.25, -0.2) is 4.79 Å². The van der Waals surface area contributed by atoms with Gasteiger partial charge in [-0.15, -0.1) is 0 Å². The fraction of sp³-hybridized carbons (Fsp3) is 0.261. The molecule has 0 radical (unpaired) electrons. The number of aromatic nitrogens is 2. The minimum Gasteiger partial charge on any atom is -0.449 e. The molecular weight excluding hydrogens is 382 g/mol. The summed E-state index contributed by atoms with van der Waals surface area (Å²) in [6.45, 7) is 4.00. The molecule has 1 amide bonds. The Morgan fingerprint density at radius 2 is 1.77 bits per heavy atom. The average Bonchev–Trinajstić information content (AvgIpc) is 3.13. The summed E-state index contributed by atoms with van der Waals surface area (Å²) in [5.41, 5.74) is 1.71. The molecule has 154 valence electrons. The van der Waals surface area contributed by atoms with Gasteiger partial charge in [-0.3, -0.25) is 18.7 Å². The number of benzene rings is 2. The molecule has 0 aliphatic carbocycles. The monoisotopic (exact) mass is 405 g/mol. The van der Waals surface area contributed by atoms with E-state index in [1.165, 1.54) is 4.57 Å². The minimum atomic E-state index is -0.508. The highest BCUT2D eigenvalue weighted by Crippen LogP contribution is 2.25. The number of carbonyl (C=O) groups excluding carboxylic acids is 1. The van der Waals surface area contributed by atoms with Gasteiger partial charge in [-0.1, -0.05) is 43.2 Å². The van der Waals surface area contributed by atoms with Gasteiger partial charge in [0.25, 0.3) is 5.56 Å². The van der Waals surface area contributed by atoms with E-state index >= 15 is 0 Å². The van der Waals surface area contributed by atoms with E-state index in [0.717, 1.165) is 16.6 Å². The first kappa shape index (κ1) is 19.7. The lowest BCUT2D eigenvalue weighted by molar-refractivity contribution is -0.116. The number of fused-ring (bicyclic) bond motifs is 3. The number of hydrogen-bond donors (Lipinski definition) is 1. The second-order valence-electron chi connectivity index (χ2n) is 7.37. The third-order valence-electron chi connectivity index (χ3n) is 5.11. The van der Waals surface area contributed by atoms with Gasteiger partial charge in [-0.05, 0) is 37.6 Å². The van der Waals surface area contributed by atoms with Crippen LogP contribution in [0.3, 0.4) is 0 Å². The highest BCUT2D eigenvalue weighted by Gasteiger charge is 2.21. The van der Waals surface area contributed by atoms with Crippen LogP contribution in [0.2, 0.25) is 0 Å². The summed E-state index contributed by atoms with van der Waals surface area (Å²) in [7, 11) is 0. The zero-order chi connectivity index (χ0) is 21.3. The molecule has 0 saturated carbocycles. The first-order valence-corrected chi connectivity index (χ1v) is 10.0. The van der Waals surface area contributed by atoms with Gasteiger partial charge in [0.15, 0.2) is 0 Å². The Bertz CT molecular complexity index is 1340. The molecule has 7 heteroatoms. The second kappa shape index (κ2) is 8.02. The Kier molecular flexibility index (Phi) is 5.27. The van der Waals surface area contributed by atoms with Crippen molar-refractivity contribution in [3.05, 3.63) is 74.9 Å². The standard InChI is InChI=1S/C23H23N3O4/c1-3-4-13-25-22(28)21-20(17-7-5-6-8-18(17)30-21)26(23(25)29)14-19(27)24-16-11-9-15(2)10-12-16/h5-12H,3-4,13-14H2,1-2H3,(H,24,27). The molecule has 4 aromatic rings. The van der Waals surface area contributed by atoms with Crippen LogP contribution in [-0.2, 0) is 17.9 Å². The molecule has 4 rings (SSSR count). The Morgan fingerprint density at radius 1 is 1.03 bits per heavy atom. The molecule has 0 atom stereocenters. The molecule has 0 spiro atoms. The van der Waals surface area contributed by atoms with E-state index < -0.39 is 11.2 Å². The van der Waals surface area contributed by atoms with Gasteiger partial charge in [0.2, 0.25) is 11.5 Å². The first-order valence-electron chi connectivity index (χ1n) is 10.0. The number of aryl methyl sites for hydroxylation is 1. The molecule has 2 aromatic carbocycles. The summed E-state index contributed by atoms with van der Waals surface area (Å²) in [5, 5.41) is 3.44.